The predicted molar refractivity (Wildman–Crippen MR) is 246 cm³/mol. The van der Waals surface area contributed by atoms with Crippen LogP contribution in [0.5, 0.6) is 5.75 Å². The number of aliphatic carboxylic acids is 1. The number of carboxylic acid groups (broad SMARTS) is 1. The number of hydrogen-bond acceptors (Lipinski definition) is 14. The Kier molecular flexibility index (Phi) is 16.4. The van der Waals surface area contributed by atoms with Crippen molar-refractivity contribution in [3.8, 4) is 5.75 Å². The molecule has 1 aliphatic carbocycles. The molecule has 3 N–H and O–H groups in total. The van der Waals surface area contributed by atoms with Crippen molar-refractivity contribution in [3.05, 3.63) is 46.5 Å². The molecule has 3 saturated heterocycles. The summed E-state index contributed by atoms with van der Waals surface area (Å²) in [6, 6.07) is 2.40. The standard InChI is InChI=1S/C47H63ClN4O14S/c1-25-10-9-11-35(63-8)47(61)23-33(64-45(60)49-47)26(2)41-46(4,66-41)36(22-38(54)51(6)31-19-29(18-25)20-32(62-7)40(31)48)65-44(59)27(3)50(5)37(53)16-17-67-34-21-39(55)52(42(34)56)24-28-12-14-30(15-13-28)43(57)58/h9-11,19-20,26-28,30,33-36,41,61H,12-18,21-24H2,1-8H3,(H,49,60)(H,57,58)/b11-9+,25-10+/t26-,27+,28?,30?,33+,34?,35-,36+,41+,46+,47+/m1/s1. The van der Waals surface area contributed by atoms with Gasteiger partial charge in [0.05, 0.1) is 36.5 Å². The second-order valence-electron chi connectivity index (χ2n) is 18.6. The molecule has 4 bridgehead atoms. The number of aliphatic hydroxyl groups is 1. The van der Waals surface area contributed by atoms with E-state index in [-0.39, 0.29) is 60.7 Å². The van der Waals surface area contributed by atoms with Gasteiger partial charge in [-0.15, -0.1) is 11.8 Å². The molecule has 20 heteroatoms. The van der Waals surface area contributed by atoms with E-state index in [1.165, 1.54) is 54.7 Å². The highest BCUT2D eigenvalue weighted by molar-refractivity contribution is 8.00. The van der Waals surface area contributed by atoms with Crippen LogP contribution >= 0.6 is 23.4 Å². The second kappa shape index (κ2) is 21.3. The largest absolute Gasteiger partial charge is 0.495 e. The van der Waals surface area contributed by atoms with Gasteiger partial charge in [-0.25, -0.2) is 9.59 Å². The summed E-state index contributed by atoms with van der Waals surface area (Å²) in [6.45, 7) is 7.10. The lowest BCUT2D eigenvalue weighted by molar-refractivity contribution is -0.162. The molecule has 6 rings (SSSR count). The molecule has 5 aliphatic rings. The lowest BCUT2D eigenvalue weighted by atomic mass is 9.82. The number of halogens is 1. The Hall–Kier alpha value is -4.69. The summed E-state index contributed by atoms with van der Waals surface area (Å²) < 4.78 is 29.4. The van der Waals surface area contributed by atoms with Crippen molar-refractivity contribution in [2.75, 3.05) is 45.5 Å². The van der Waals surface area contributed by atoms with Gasteiger partial charge in [-0.3, -0.25) is 34.2 Å². The molecule has 0 aromatic heterocycles. The highest BCUT2D eigenvalue weighted by Crippen LogP contribution is 2.49. The van der Waals surface area contributed by atoms with E-state index in [0.29, 0.717) is 43.5 Å². The van der Waals surface area contributed by atoms with E-state index in [2.05, 4.69) is 5.32 Å². The quantitative estimate of drug-likeness (QED) is 0.147. The number of thioether (sulfide) groups is 1. The SMILES string of the molecule is COc1cc2cc(c1Cl)N(C)C(=O)C[C@H](OC(=O)[C@H](C)N(C)C(=O)CCSC1CC(=O)N(CC3CCC(C(=O)O)CC3)C1=O)[C@]1(C)O[C@H]1[C@H](C)[C@@H]1C[C@@](O)(NC(=O)O1)[C@H](OC)/C=C/C=C(\C)C2. The number of ether oxygens (including phenoxy) is 5. The molecule has 9 atom stereocenters. The van der Waals surface area contributed by atoms with Crippen LogP contribution in [0, 0.1) is 17.8 Å². The van der Waals surface area contributed by atoms with Crippen molar-refractivity contribution >= 4 is 70.7 Å². The van der Waals surface area contributed by atoms with Crippen LogP contribution in [0.4, 0.5) is 10.5 Å². The van der Waals surface area contributed by atoms with Crippen LogP contribution in [0.1, 0.15) is 84.6 Å². The number of amides is 5. The number of allylic oxidation sites excluding steroid dienone is 3. The molecule has 4 heterocycles. The topological polar surface area (TPSA) is 231 Å². The van der Waals surface area contributed by atoms with Gasteiger partial charge in [0.2, 0.25) is 23.6 Å². The van der Waals surface area contributed by atoms with Gasteiger partial charge < -0.3 is 43.7 Å². The van der Waals surface area contributed by atoms with Gasteiger partial charge >= 0.3 is 18.0 Å². The van der Waals surface area contributed by atoms with Crippen molar-refractivity contribution < 1.29 is 67.5 Å². The molecular weight excluding hydrogens is 912 g/mol. The van der Waals surface area contributed by atoms with Crippen LogP contribution < -0.4 is 15.0 Å². The third kappa shape index (κ3) is 11.6. The number of nitrogens with one attached hydrogen (secondary N) is 1. The van der Waals surface area contributed by atoms with Crippen LogP contribution in [0.25, 0.3) is 0 Å². The van der Waals surface area contributed by atoms with Crippen molar-refractivity contribution in [1.29, 1.82) is 0 Å². The Morgan fingerprint density at radius 1 is 1.09 bits per heavy atom. The highest BCUT2D eigenvalue weighted by atomic mass is 35.5. The molecule has 0 radical (unpaired) electrons. The van der Waals surface area contributed by atoms with Crippen molar-refractivity contribution in [3.63, 3.8) is 0 Å². The minimum Gasteiger partial charge on any atom is -0.495 e. The fourth-order valence-corrected chi connectivity index (χ4v) is 10.9. The molecule has 1 unspecified atom stereocenters. The average Bonchev–Trinajstić information content (AvgIpc) is 3.91. The zero-order valence-corrected chi connectivity index (χ0v) is 40.9. The summed E-state index contributed by atoms with van der Waals surface area (Å²) in [6.07, 6.45) is 2.63. The number of likely N-dealkylation sites (N-methyl/N-ethyl adjacent to an activating group) is 1. The number of anilines is 1. The van der Waals surface area contributed by atoms with Gasteiger partial charge in [-0.05, 0) is 76.5 Å². The zero-order chi connectivity index (χ0) is 49.1. The molecular formula is C47H63ClN4O14S. The molecule has 1 aromatic rings. The molecule has 5 amide bonds. The summed E-state index contributed by atoms with van der Waals surface area (Å²) in [5.74, 6) is -3.58. The van der Waals surface area contributed by atoms with Gasteiger partial charge in [0.1, 0.15) is 40.7 Å². The maximum Gasteiger partial charge on any atom is 0.409 e. The number of hydrogen-bond donors (Lipinski definition) is 3. The molecule has 1 aromatic carbocycles. The maximum atomic E-state index is 14.3. The van der Waals surface area contributed by atoms with E-state index in [1.807, 2.05) is 13.0 Å². The third-order valence-electron chi connectivity index (χ3n) is 14.0. The number of carboxylic acids is 1. The number of esters is 1. The number of rotatable bonds is 12. The lowest BCUT2D eigenvalue weighted by Gasteiger charge is -2.42. The number of benzene rings is 1. The summed E-state index contributed by atoms with van der Waals surface area (Å²) in [7, 11) is 5.87. The van der Waals surface area contributed by atoms with Gasteiger partial charge in [-0.1, -0.05) is 42.3 Å². The van der Waals surface area contributed by atoms with Gasteiger partial charge in [0.25, 0.3) is 0 Å². The van der Waals surface area contributed by atoms with Crippen LogP contribution in [0.2, 0.25) is 5.02 Å². The van der Waals surface area contributed by atoms with Crippen LogP contribution in [0.15, 0.2) is 35.9 Å². The summed E-state index contributed by atoms with van der Waals surface area (Å²) in [5.41, 5.74) is -1.16. The lowest BCUT2D eigenvalue weighted by Crippen LogP contribution is -2.63. The van der Waals surface area contributed by atoms with E-state index >= 15 is 0 Å². The van der Waals surface area contributed by atoms with Gasteiger partial charge in [-0.2, -0.15) is 0 Å². The van der Waals surface area contributed by atoms with E-state index in [0.717, 1.165) is 11.1 Å². The fraction of sp³-hybridized carbons (Fsp3) is 0.638. The normalized spacial score (nSPS) is 33.1. The van der Waals surface area contributed by atoms with Gasteiger partial charge in [0.15, 0.2) is 5.72 Å². The molecule has 368 valence electrons. The number of epoxide rings is 1. The molecule has 67 heavy (non-hydrogen) atoms. The minimum absolute atomic E-state index is 0.00460. The summed E-state index contributed by atoms with van der Waals surface area (Å²) in [4.78, 5) is 96.2. The summed E-state index contributed by atoms with van der Waals surface area (Å²) >= 11 is 8.00. The van der Waals surface area contributed by atoms with E-state index in [4.69, 9.17) is 35.3 Å². The number of carbonyl (C=O) groups is 7. The second-order valence-corrected chi connectivity index (χ2v) is 20.3. The Bertz CT molecular complexity index is 2170. The number of alkyl carbamates (subject to hydrolysis) is 1. The number of imide groups is 1. The number of nitrogens with zero attached hydrogens (tertiary/aromatic N) is 3. The Morgan fingerprint density at radius 2 is 1.79 bits per heavy atom. The van der Waals surface area contributed by atoms with Crippen molar-refractivity contribution in [1.82, 2.24) is 15.1 Å². The monoisotopic (exact) mass is 974 g/mol. The molecule has 4 aliphatic heterocycles. The maximum absolute atomic E-state index is 14.3. The first-order valence-corrected chi connectivity index (χ1v) is 24.1. The number of carbonyl (C=O) groups excluding carboxylic acids is 6. The Labute approximate surface area is 400 Å². The van der Waals surface area contributed by atoms with E-state index < -0.39 is 88.7 Å². The first kappa shape index (κ1) is 51.7. The van der Waals surface area contributed by atoms with Crippen molar-refractivity contribution in [2.45, 2.75) is 133 Å². The van der Waals surface area contributed by atoms with Crippen molar-refractivity contribution in [2.24, 2.45) is 17.8 Å². The Morgan fingerprint density at radius 3 is 2.45 bits per heavy atom. The minimum atomic E-state index is -1.88. The fourth-order valence-electron chi connectivity index (χ4n) is 9.51. The molecule has 0 spiro atoms. The van der Waals surface area contributed by atoms with Crippen LogP contribution in [0.3, 0.4) is 0 Å². The molecule has 1 saturated carbocycles. The molecule has 4 fully saturated rings. The zero-order valence-electron chi connectivity index (χ0n) is 39.3. The van der Waals surface area contributed by atoms with Crippen LogP contribution in [-0.4, -0.2) is 149 Å². The third-order valence-corrected chi connectivity index (χ3v) is 15.6. The number of methoxy groups -OCH3 is 2. The predicted octanol–water partition coefficient (Wildman–Crippen LogP) is 4.66. The van der Waals surface area contributed by atoms with Crippen LogP contribution in [-0.2, 0) is 54.1 Å². The first-order valence-electron chi connectivity index (χ1n) is 22.6. The average molecular weight is 976 g/mol. The molecule has 18 nitrogen and oxygen atoms in total. The number of fused-ring (bicyclic) bond motifs is 5. The highest BCUT2D eigenvalue weighted by Gasteiger charge is 2.64. The smallest absolute Gasteiger partial charge is 0.409 e. The Balaban J connectivity index is 1.16. The first-order chi connectivity index (χ1) is 31.6. The van der Waals surface area contributed by atoms with E-state index in [1.54, 1.807) is 45.2 Å². The van der Waals surface area contributed by atoms with E-state index in [9.17, 15) is 43.8 Å². The van der Waals surface area contributed by atoms with Gasteiger partial charge in [0, 0.05) is 58.7 Å². The summed E-state index contributed by atoms with van der Waals surface area (Å²) in [5, 5.41) is 23.2. The number of likely N-dealkylation sites (tertiary alicyclic amines) is 1.